The van der Waals surface area contributed by atoms with E-state index in [-0.39, 0.29) is 0 Å². The van der Waals surface area contributed by atoms with Gasteiger partial charge in [0.15, 0.2) is 5.78 Å². The maximum absolute atomic E-state index is 11.6. The van der Waals surface area contributed by atoms with Crippen molar-refractivity contribution in [2.75, 3.05) is 0 Å². The number of Topliss-reactive ketones (excluding diaryl/α,β-unsaturated/α-hetero) is 1. The van der Waals surface area contributed by atoms with Crippen LogP contribution in [0.2, 0.25) is 19.6 Å². The molecule has 0 aromatic heterocycles. The zero-order chi connectivity index (χ0) is 11.1. The summed E-state index contributed by atoms with van der Waals surface area (Å²) in [5.41, 5.74) is 2.52. The third-order valence-corrected chi connectivity index (χ3v) is 4.87. The van der Waals surface area contributed by atoms with Crippen LogP contribution in [0.25, 0.3) is 5.57 Å². The second-order valence-electron chi connectivity index (χ2n) is 5.07. The van der Waals surface area contributed by atoms with Crippen LogP contribution in [0.1, 0.15) is 12.0 Å². The smallest absolute Gasteiger partial charge is 0.159 e. The van der Waals surface area contributed by atoms with Crippen LogP contribution in [0.5, 0.6) is 0 Å². The summed E-state index contributed by atoms with van der Waals surface area (Å²) >= 11 is 0. The Balaban J connectivity index is 2.47. The SMILES string of the molecule is C[Si](C)(C)C1=C(c2ccccc2)CC1=O. The summed E-state index contributed by atoms with van der Waals surface area (Å²) in [6, 6.07) is 10.3. The van der Waals surface area contributed by atoms with Crippen LogP contribution in [-0.4, -0.2) is 13.9 Å². The molecule has 0 aliphatic heterocycles. The first-order valence-electron chi connectivity index (χ1n) is 5.32. The highest BCUT2D eigenvalue weighted by Gasteiger charge is 2.36. The maximum Gasteiger partial charge on any atom is 0.159 e. The van der Waals surface area contributed by atoms with E-state index in [1.807, 2.05) is 18.2 Å². The van der Waals surface area contributed by atoms with Gasteiger partial charge in [0.1, 0.15) is 0 Å². The van der Waals surface area contributed by atoms with Crippen LogP contribution in [0.3, 0.4) is 0 Å². The van der Waals surface area contributed by atoms with Crippen molar-refractivity contribution in [3.8, 4) is 0 Å². The van der Waals surface area contributed by atoms with E-state index in [2.05, 4.69) is 31.8 Å². The van der Waals surface area contributed by atoms with Gasteiger partial charge in [0.2, 0.25) is 0 Å². The summed E-state index contributed by atoms with van der Waals surface area (Å²) in [6.07, 6.45) is 0.642. The van der Waals surface area contributed by atoms with E-state index in [1.165, 1.54) is 11.1 Å². The van der Waals surface area contributed by atoms with Gasteiger partial charge in [0, 0.05) is 6.42 Å². The molecule has 0 heterocycles. The van der Waals surface area contributed by atoms with Crippen molar-refractivity contribution in [2.45, 2.75) is 26.1 Å². The zero-order valence-electron chi connectivity index (χ0n) is 9.50. The van der Waals surface area contributed by atoms with Crippen molar-refractivity contribution in [2.24, 2.45) is 0 Å². The van der Waals surface area contributed by atoms with E-state index in [1.54, 1.807) is 0 Å². The average molecular weight is 216 g/mol. The molecule has 0 saturated heterocycles. The highest BCUT2D eigenvalue weighted by Crippen LogP contribution is 2.38. The Bertz CT molecular complexity index is 424. The summed E-state index contributed by atoms with van der Waals surface area (Å²) in [6.45, 7) is 6.72. The molecule has 1 aliphatic carbocycles. The fourth-order valence-corrected chi connectivity index (χ4v) is 4.22. The van der Waals surface area contributed by atoms with Gasteiger partial charge in [0.05, 0.1) is 8.07 Å². The largest absolute Gasteiger partial charge is 0.295 e. The minimum absolute atomic E-state index is 0.369. The standard InChI is InChI=1S/C13H16OSi/c1-15(2,3)13-11(9-12(13)14)10-7-5-4-6-8-10/h4-8H,9H2,1-3H3. The first-order chi connectivity index (χ1) is 7.00. The van der Waals surface area contributed by atoms with E-state index in [0.29, 0.717) is 12.2 Å². The van der Waals surface area contributed by atoms with E-state index < -0.39 is 8.07 Å². The van der Waals surface area contributed by atoms with Gasteiger partial charge in [-0.15, -0.1) is 0 Å². The van der Waals surface area contributed by atoms with Crippen molar-refractivity contribution >= 4 is 19.4 Å². The van der Waals surface area contributed by atoms with Crippen molar-refractivity contribution < 1.29 is 4.79 Å². The Hall–Kier alpha value is -1.15. The van der Waals surface area contributed by atoms with Crippen LogP contribution >= 0.6 is 0 Å². The molecule has 1 aromatic rings. The number of carbonyl (C=O) groups is 1. The molecule has 0 spiro atoms. The van der Waals surface area contributed by atoms with Gasteiger partial charge in [-0.05, 0) is 16.3 Å². The predicted octanol–water partition coefficient (Wildman–Crippen LogP) is 3.29. The van der Waals surface area contributed by atoms with Crippen LogP contribution < -0.4 is 0 Å². The monoisotopic (exact) mass is 216 g/mol. The molecule has 0 unspecified atom stereocenters. The second kappa shape index (κ2) is 3.45. The van der Waals surface area contributed by atoms with Crippen LogP contribution in [0.15, 0.2) is 35.5 Å². The summed E-state index contributed by atoms with van der Waals surface area (Å²) in [7, 11) is -1.45. The number of hydrogen-bond acceptors (Lipinski definition) is 1. The van der Waals surface area contributed by atoms with Gasteiger partial charge in [-0.1, -0.05) is 50.0 Å². The van der Waals surface area contributed by atoms with Crippen molar-refractivity contribution in [1.82, 2.24) is 0 Å². The van der Waals surface area contributed by atoms with Crippen molar-refractivity contribution in [3.63, 3.8) is 0 Å². The molecule has 0 fully saturated rings. The summed E-state index contributed by atoms with van der Waals surface area (Å²) in [5, 5.41) is 1.15. The number of rotatable bonds is 2. The lowest BCUT2D eigenvalue weighted by molar-refractivity contribution is -0.115. The van der Waals surface area contributed by atoms with Gasteiger partial charge >= 0.3 is 0 Å². The molecule has 0 amide bonds. The van der Waals surface area contributed by atoms with Crippen molar-refractivity contribution in [3.05, 3.63) is 41.1 Å². The molecule has 1 aliphatic rings. The molecule has 0 saturated carbocycles. The van der Waals surface area contributed by atoms with Gasteiger partial charge in [-0.25, -0.2) is 0 Å². The van der Waals surface area contributed by atoms with E-state index in [0.717, 1.165) is 5.20 Å². The van der Waals surface area contributed by atoms with Gasteiger partial charge < -0.3 is 0 Å². The first kappa shape index (κ1) is 10.4. The topological polar surface area (TPSA) is 17.1 Å². The summed E-state index contributed by atoms with van der Waals surface area (Å²) < 4.78 is 0. The molecule has 0 bridgehead atoms. The second-order valence-corrected chi connectivity index (χ2v) is 10.1. The van der Waals surface area contributed by atoms with Gasteiger partial charge in [0.25, 0.3) is 0 Å². The number of carbonyl (C=O) groups excluding carboxylic acids is 1. The normalized spacial score (nSPS) is 16.6. The molecule has 2 heteroatoms. The number of benzene rings is 1. The number of allylic oxidation sites excluding steroid dienone is 2. The molecule has 1 aromatic carbocycles. The Labute approximate surface area is 91.8 Å². The molecule has 15 heavy (non-hydrogen) atoms. The quantitative estimate of drug-likeness (QED) is 0.693. The Morgan fingerprint density at radius 2 is 1.67 bits per heavy atom. The summed E-state index contributed by atoms with van der Waals surface area (Å²) in [5.74, 6) is 0.369. The Morgan fingerprint density at radius 3 is 2.13 bits per heavy atom. The minimum Gasteiger partial charge on any atom is -0.295 e. The average Bonchev–Trinajstić information content (AvgIpc) is 2.12. The third kappa shape index (κ3) is 1.82. The summed E-state index contributed by atoms with van der Waals surface area (Å²) in [4.78, 5) is 11.6. The Morgan fingerprint density at radius 1 is 1.07 bits per heavy atom. The highest BCUT2D eigenvalue weighted by atomic mass is 28.3. The maximum atomic E-state index is 11.6. The third-order valence-electron chi connectivity index (χ3n) is 2.79. The lowest BCUT2D eigenvalue weighted by Gasteiger charge is -2.31. The molecule has 2 rings (SSSR count). The van der Waals surface area contributed by atoms with Gasteiger partial charge in [-0.2, -0.15) is 0 Å². The lowest BCUT2D eigenvalue weighted by atomic mass is 9.90. The first-order valence-corrected chi connectivity index (χ1v) is 8.82. The van der Waals surface area contributed by atoms with Crippen molar-refractivity contribution in [1.29, 1.82) is 0 Å². The Kier molecular flexibility index (Phi) is 2.39. The predicted molar refractivity (Wildman–Crippen MR) is 66.3 cm³/mol. The van der Waals surface area contributed by atoms with Crippen LogP contribution in [0, 0.1) is 0 Å². The zero-order valence-corrected chi connectivity index (χ0v) is 10.5. The van der Waals surface area contributed by atoms with E-state index in [9.17, 15) is 4.79 Å². The number of ketones is 1. The fourth-order valence-electron chi connectivity index (χ4n) is 2.16. The van der Waals surface area contributed by atoms with Gasteiger partial charge in [-0.3, -0.25) is 4.79 Å². The number of hydrogen-bond donors (Lipinski definition) is 0. The van der Waals surface area contributed by atoms with E-state index >= 15 is 0 Å². The lowest BCUT2D eigenvalue weighted by Crippen LogP contribution is -2.36. The molecule has 0 atom stereocenters. The molecule has 1 nitrogen and oxygen atoms in total. The highest BCUT2D eigenvalue weighted by molar-refractivity contribution is 6.89. The minimum atomic E-state index is -1.45. The fraction of sp³-hybridized carbons (Fsp3) is 0.308. The van der Waals surface area contributed by atoms with E-state index in [4.69, 9.17) is 0 Å². The molecular formula is C13H16OSi. The molecule has 0 N–H and O–H groups in total. The molecule has 0 radical (unpaired) electrons. The van der Waals surface area contributed by atoms with Crippen LogP contribution in [-0.2, 0) is 4.79 Å². The van der Waals surface area contributed by atoms with Crippen LogP contribution in [0.4, 0.5) is 0 Å². The molecular weight excluding hydrogens is 200 g/mol. The molecule has 78 valence electrons.